The third kappa shape index (κ3) is 3.66. The van der Waals surface area contributed by atoms with Crippen molar-refractivity contribution in [3.05, 3.63) is 49.9 Å². The van der Waals surface area contributed by atoms with Crippen molar-refractivity contribution >= 4 is 51.6 Å². The Bertz CT molecular complexity index is 759. The first-order valence-electron chi connectivity index (χ1n) is 5.70. The van der Waals surface area contributed by atoms with E-state index in [9.17, 15) is 4.79 Å². The molecule has 0 atom stereocenters. The summed E-state index contributed by atoms with van der Waals surface area (Å²) in [4.78, 5) is 18.1. The van der Waals surface area contributed by atoms with Gasteiger partial charge in [-0.2, -0.15) is 0 Å². The molecule has 0 fully saturated rings. The molecule has 2 rings (SSSR count). The van der Waals surface area contributed by atoms with Crippen LogP contribution < -0.4 is 16.6 Å². The van der Waals surface area contributed by atoms with Crippen molar-refractivity contribution in [2.75, 3.05) is 11.1 Å². The highest BCUT2D eigenvalue weighted by Crippen LogP contribution is 2.22. The van der Waals surface area contributed by atoms with Gasteiger partial charge in [0.25, 0.3) is 5.56 Å². The Hall–Kier alpha value is -1.76. The van der Waals surface area contributed by atoms with Gasteiger partial charge >= 0.3 is 0 Å². The molecular formula is C12H10Cl3N5O. The lowest BCUT2D eigenvalue weighted by Gasteiger charge is -2.08. The molecule has 0 aliphatic carbocycles. The zero-order valence-corrected chi connectivity index (χ0v) is 12.8. The average molecular weight is 347 g/mol. The van der Waals surface area contributed by atoms with Crippen LogP contribution in [0.1, 0.15) is 11.3 Å². The number of aromatic nitrogens is 2. The van der Waals surface area contributed by atoms with Crippen LogP contribution in [0.2, 0.25) is 10.0 Å². The van der Waals surface area contributed by atoms with Crippen LogP contribution in [-0.2, 0) is 6.54 Å². The molecule has 1 aromatic heterocycles. The fourth-order valence-corrected chi connectivity index (χ4v) is 2.03. The zero-order chi connectivity index (χ0) is 15.6. The van der Waals surface area contributed by atoms with E-state index in [1.54, 1.807) is 18.2 Å². The fraction of sp³-hybridized carbons (Fsp3) is 0.0833. The zero-order valence-electron chi connectivity index (χ0n) is 10.5. The highest BCUT2D eigenvalue weighted by atomic mass is 35.5. The third-order valence-corrected chi connectivity index (χ3v) is 3.53. The van der Waals surface area contributed by atoms with E-state index in [2.05, 4.69) is 15.3 Å². The highest BCUT2D eigenvalue weighted by molar-refractivity contribution is 6.68. The summed E-state index contributed by atoms with van der Waals surface area (Å²) in [7, 11) is 0. The van der Waals surface area contributed by atoms with E-state index in [4.69, 9.17) is 45.9 Å². The molecule has 0 amide bonds. The number of nitrogens with zero attached hydrogens (tertiary/aromatic N) is 1. The van der Waals surface area contributed by atoms with Gasteiger partial charge in [-0.05, 0) is 17.7 Å². The second-order valence-electron chi connectivity index (χ2n) is 4.09. The lowest BCUT2D eigenvalue weighted by molar-refractivity contribution is 1.03. The standard InChI is InChI=1S/C12H10Cl3N5O/c13-6-2-1-5(3-7(6)14)4-18-12-19-9(10(15)17)8(16)11(21)20-12/h1-3,17H,4,16H2,(H2,18,19,20,21). The molecule has 0 unspecified atom stereocenters. The summed E-state index contributed by atoms with van der Waals surface area (Å²) in [5, 5.41) is 10.7. The Morgan fingerprint density at radius 1 is 1.38 bits per heavy atom. The lowest BCUT2D eigenvalue weighted by Crippen LogP contribution is -2.20. The van der Waals surface area contributed by atoms with E-state index in [0.717, 1.165) is 5.56 Å². The number of H-pyrrole nitrogens is 1. The molecule has 0 spiro atoms. The lowest BCUT2D eigenvalue weighted by atomic mass is 10.2. The van der Waals surface area contributed by atoms with E-state index >= 15 is 0 Å². The van der Waals surface area contributed by atoms with Crippen LogP contribution in [-0.4, -0.2) is 15.1 Å². The summed E-state index contributed by atoms with van der Waals surface area (Å²) >= 11 is 17.3. The Morgan fingerprint density at radius 2 is 2.10 bits per heavy atom. The summed E-state index contributed by atoms with van der Waals surface area (Å²) in [6.45, 7) is 0.346. The smallest absolute Gasteiger partial charge is 0.276 e. The maximum atomic E-state index is 11.6. The molecule has 0 radical (unpaired) electrons. The van der Waals surface area contributed by atoms with Gasteiger partial charge < -0.3 is 11.1 Å². The van der Waals surface area contributed by atoms with Crippen molar-refractivity contribution < 1.29 is 0 Å². The van der Waals surface area contributed by atoms with Crippen LogP contribution in [0.5, 0.6) is 0 Å². The van der Waals surface area contributed by atoms with Gasteiger partial charge in [0.2, 0.25) is 5.95 Å². The van der Waals surface area contributed by atoms with Crippen LogP contribution in [0.3, 0.4) is 0 Å². The molecular weight excluding hydrogens is 337 g/mol. The van der Waals surface area contributed by atoms with Gasteiger partial charge in [0, 0.05) is 6.54 Å². The Morgan fingerprint density at radius 3 is 2.71 bits per heavy atom. The van der Waals surface area contributed by atoms with Gasteiger partial charge in [0.1, 0.15) is 16.6 Å². The molecule has 1 aromatic carbocycles. The van der Waals surface area contributed by atoms with Crippen LogP contribution >= 0.6 is 34.8 Å². The normalized spacial score (nSPS) is 10.4. The fourth-order valence-electron chi connectivity index (χ4n) is 1.57. The number of nitrogen functional groups attached to an aromatic ring is 1. The SMILES string of the molecule is N=C(Cl)c1nc(NCc2ccc(Cl)c(Cl)c2)[nH]c(=O)c1N. The van der Waals surface area contributed by atoms with E-state index in [-0.39, 0.29) is 17.3 Å². The van der Waals surface area contributed by atoms with Crippen LogP contribution in [0, 0.1) is 5.41 Å². The third-order valence-electron chi connectivity index (χ3n) is 2.61. The maximum Gasteiger partial charge on any atom is 0.276 e. The molecule has 0 aliphatic heterocycles. The molecule has 9 heteroatoms. The summed E-state index contributed by atoms with van der Waals surface area (Å²) in [6.07, 6.45) is 0. The van der Waals surface area contributed by atoms with Gasteiger partial charge in [-0.3, -0.25) is 15.2 Å². The number of rotatable bonds is 4. The molecule has 2 aromatic rings. The van der Waals surface area contributed by atoms with Gasteiger partial charge in [-0.25, -0.2) is 4.98 Å². The van der Waals surface area contributed by atoms with Crippen molar-refractivity contribution in [1.29, 1.82) is 5.41 Å². The number of anilines is 2. The highest BCUT2D eigenvalue weighted by Gasteiger charge is 2.11. The first kappa shape index (κ1) is 15.6. The van der Waals surface area contributed by atoms with E-state index in [0.29, 0.717) is 16.6 Å². The number of aromatic amines is 1. The summed E-state index contributed by atoms with van der Waals surface area (Å²) in [5.74, 6) is 0.153. The van der Waals surface area contributed by atoms with Gasteiger partial charge in [-0.15, -0.1) is 0 Å². The minimum atomic E-state index is -0.568. The topological polar surface area (TPSA) is 108 Å². The molecule has 0 saturated heterocycles. The molecule has 0 bridgehead atoms. The van der Waals surface area contributed by atoms with Crippen molar-refractivity contribution in [3.63, 3.8) is 0 Å². The Labute approximate surface area is 134 Å². The first-order valence-corrected chi connectivity index (χ1v) is 6.84. The summed E-state index contributed by atoms with van der Waals surface area (Å²) in [6, 6.07) is 5.14. The van der Waals surface area contributed by atoms with Gasteiger partial charge in [-0.1, -0.05) is 40.9 Å². The van der Waals surface area contributed by atoms with Crippen molar-refractivity contribution in [2.45, 2.75) is 6.54 Å². The monoisotopic (exact) mass is 345 g/mol. The second-order valence-corrected chi connectivity index (χ2v) is 5.29. The predicted octanol–water partition coefficient (Wildman–Crippen LogP) is 2.84. The minimum absolute atomic E-state index is 0.0722. The number of hydrogen-bond donors (Lipinski definition) is 4. The number of benzene rings is 1. The van der Waals surface area contributed by atoms with Gasteiger partial charge in [0.15, 0.2) is 0 Å². The van der Waals surface area contributed by atoms with Crippen LogP contribution in [0.25, 0.3) is 0 Å². The first-order chi connectivity index (χ1) is 9.88. The largest absolute Gasteiger partial charge is 0.392 e. The number of hydrogen-bond acceptors (Lipinski definition) is 5. The second kappa shape index (κ2) is 6.34. The van der Waals surface area contributed by atoms with Gasteiger partial charge in [0.05, 0.1) is 10.0 Å². The summed E-state index contributed by atoms with van der Waals surface area (Å²) in [5.41, 5.74) is 5.51. The Balaban J connectivity index is 2.22. The Kier molecular flexibility index (Phi) is 4.72. The molecule has 110 valence electrons. The van der Waals surface area contributed by atoms with Crippen LogP contribution in [0.15, 0.2) is 23.0 Å². The van der Waals surface area contributed by atoms with Crippen molar-refractivity contribution in [2.24, 2.45) is 0 Å². The van der Waals surface area contributed by atoms with E-state index < -0.39 is 10.7 Å². The van der Waals surface area contributed by atoms with Crippen LogP contribution in [0.4, 0.5) is 11.6 Å². The minimum Gasteiger partial charge on any atom is -0.392 e. The molecule has 1 heterocycles. The number of nitrogens with one attached hydrogen (secondary N) is 3. The van der Waals surface area contributed by atoms with Crippen molar-refractivity contribution in [1.82, 2.24) is 9.97 Å². The molecule has 21 heavy (non-hydrogen) atoms. The predicted molar refractivity (Wildman–Crippen MR) is 85.7 cm³/mol. The van der Waals surface area contributed by atoms with Crippen molar-refractivity contribution in [3.8, 4) is 0 Å². The average Bonchev–Trinajstić information content (AvgIpc) is 2.43. The molecule has 6 nitrogen and oxygen atoms in total. The molecule has 0 aliphatic rings. The molecule has 0 saturated carbocycles. The van der Waals surface area contributed by atoms with E-state index in [1.165, 1.54) is 0 Å². The summed E-state index contributed by atoms with van der Waals surface area (Å²) < 4.78 is 0. The van der Waals surface area contributed by atoms with E-state index in [1.807, 2.05) is 0 Å². The maximum absolute atomic E-state index is 11.6. The quantitative estimate of drug-likeness (QED) is 0.638. The number of halogens is 3. The molecule has 5 N–H and O–H groups in total. The number of nitrogens with two attached hydrogens (primary N) is 1.